The van der Waals surface area contributed by atoms with Crippen LogP contribution >= 0.6 is 11.2 Å². The van der Waals surface area contributed by atoms with Crippen molar-refractivity contribution >= 4 is 29.2 Å². The molecule has 0 saturated carbocycles. The quantitative estimate of drug-likeness (QED) is 0.569. The van der Waals surface area contributed by atoms with Crippen LogP contribution in [0.4, 0.5) is 0 Å². The van der Waals surface area contributed by atoms with Crippen LogP contribution in [-0.2, 0) is 0 Å². The fraction of sp³-hybridized carbons (Fsp3) is 0. The number of benzene rings is 1. The van der Waals surface area contributed by atoms with Crippen LogP contribution in [0.3, 0.4) is 0 Å². The molecule has 0 spiro atoms. The molecule has 0 fully saturated rings. The Balaban J connectivity index is 2.61. The van der Waals surface area contributed by atoms with Gasteiger partial charge in [-0.15, -0.1) is 0 Å². The zero-order valence-electron chi connectivity index (χ0n) is 5.50. The lowest BCUT2D eigenvalue weighted by Gasteiger charge is -1.93. The van der Waals surface area contributed by atoms with E-state index in [4.69, 9.17) is 0 Å². The van der Waals surface area contributed by atoms with Crippen molar-refractivity contribution < 1.29 is 0 Å². The van der Waals surface area contributed by atoms with E-state index >= 15 is 0 Å². The van der Waals surface area contributed by atoms with Gasteiger partial charge in [0.2, 0.25) is 0 Å². The Hall–Kier alpha value is 0.00377. The van der Waals surface area contributed by atoms with Crippen molar-refractivity contribution in [2.24, 2.45) is 0 Å². The Kier molecular flexibility index (Phi) is 3.10. The molecule has 1 rings (SSSR count). The third kappa shape index (κ3) is 2.38. The summed E-state index contributed by atoms with van der Waals surface area (Å²) in [6.45, 7) is 0. The summed E-state index contributed by atoms with van der Waals surface area (Å²) in [5, 5.41) is 0. The minimum Gasteiger partial charge on any atom is -0.164 e. The molecule has 3 heteroatoms. The van der Waals surface area contributed by atoms with Crippen LogP contribution in [0.15, 0.2) is 35.2 Å². The molecule has 1 aromatic carbocycles. The third-order valence-electron chi connectivity index (χ3n) is 1.05. The van der Waals surface area contributed by atoms with Gasteiger partial charge < -0.3 is 0 Å². The van der Waals surface area contributed by atoms with Crippen molar-refractivity contribution in [1.29, 1.82) is 0 Å². The zero-order chi connectivity index (χ0) is 6.53. The molecule has 9 heavy (non-hydrogen) atoms. The normalized spacial score (nSPS) is 11.1. The van der Waals surface area contributed by atoms with Crippen molar-refractivity contribution in [3.05, 3.63) is 30.3 Å². The average Bonchev–Trinajstić information content (AvgIpc) is 1.91. The molecule has 0 aliphatic rings. The van der Waals surface area contributed by atoms with Gasteiger partial charge in [0.1, 0.15) is 0 Å². The van der Waals surface area contributed by atoms with Crippen molar-refractivity contribution in [2.45, 2.75) is 4.90 Å². The van der Waals surface area contributed by atoms with E-state index in [9.17, 15) is 0 Å². The second kappa shape index (κ2) is 3.92. The Morgan fingerprint density at radius 2 is 1.89 bits per heavy atom. The monoisotopic (exact) mass is 170 g/mol. The smallest absolute Gasteiger partial charge is 0.0739 e. The van der Waals surface area contributed by atoms with Crippen LogP contribution in [0.25, 0.3) is 0 Å². The molecule has 48 valence electrons. The molecular weight excluding hydrogens is 160 g/mol. The van der Waals surface area contributed by atoms with Gasteiger partial charge in [-0.2, -0.15) is 11.2 Å². The van der Waals surface area contributed by atoms with Gasteiger partial charge in [0.15, 0.2) is 0 Å². The first-order valence-electron chi connectivity index (χ1n) is 3.11. The highest BCUT2D eigenvalue weighted by molar-refractivity contribution is 8.26. The lowest BCUT2D eigenvalue weighted by Crippen LogP contribution is -1.78. The first-order valence-corrected chi connectivity index (χ1v) is 11.5. The maximum atomic E-state index is 2.19. The molecule has 0 bridgehead atoms. The fourth-order valence-electron chi connectivity index (χ4n) is 0.683. The first-order chi connectivity index (χ1) is 4.43. The predicted octanol–water partition coefficient (Wildman–Crippen LogP) is 0.143. The molecule has 0 unspecified atom stereocenters. The van der Waals surface area contributed by atoms with Crippen molar-refractivity contribution in [2.75, 3.05) is 0 Å². The van der Waals surface area contributed by atoms with Crippen LogP contribution < -0.4 is 0 Å². The molecule has 0 amide bonds. The minimum absolute atomic E-state index is 0.271. The van der Waals surface area contributed by atoms with E-state index in [-0.39, 0.29) is 8.19 Å². The van der Waals surface area contributed by atoms with Gasteiger partial charge >= 0.3 is 0 Å². The van der Waals surface area contributed by atoms with Gasteiger partial charge in [-0.1, -0.05) is 18.2 Å². The first kappa shape index (κ1) is 7.11. The Bertz CT molecular complexity index is 164. The second-order valence-corrected chi connectivity index (χ2v) is 10.9. The zero-order valence-corrected chi connectivity index (χ0v) is 9.73. The highest BCUT2D eigenvalue weighted by Crippen LogP contribution is 2.12. The van der Waals surface area contributed by atoms with Crippen molar-refractivity contribution in [3.8, 4) is 0 Å². The van der Waals surface area contributed by atoms with E-state index in [1.165, 1.54) is 14.7 Å². The molecule has 0 aliphatic carbocycles. The fourth-order valence-corrected chi connectivity index (χ4v) is 5.94. The molecule has 1 aromatic rings. The van der Waals surface area contributed by atoms with Crippen molar-refractivity contribution in [3.63, 3.8) is 0 Å². The lowest BCUT2D eigenvalue weighted by molar-refractivity contribution is 1.48. The molecule has 0 heterocycles. The van der Waals surface area contributed by atoms with Crippen molar-refractivity contribution in [1.82, 2.24) is 0 Å². The summed E-state index contributed by atoms with van der Waals surface area (Å²) in [5.74, 6) is 0. The Morgan fingerprint density at radius 3 is 2.44 bits per heavy atom. The molecule has 0 nitrogen and oxygen atoms in total. The van der Waals surface area contributed by atoms with Crippen LogP contribution in [0.5, 0.6) is 0 Å². The molecule has 0 saturated heterocycles. The predicted molar refractivity (Wildman–Crippen MR) is 50.8 cm³/mol. The average molecular weight is 170 g/mol. The maximum Gasteiger partial charge on any atom is 0.0739 e. The largest absolute Gasteiger partial charge is 0.164 e. The van der Waals surface area contributed by atoms with E-state index in [1.807, 2.05) is 0 Å². The molecule has 0 aliphatic heterocycles. The lowest BCUT2D eigenvalue weighted by atomic mass is 10.4. The summed E-state index contributed by atoms with van der Waals surface area (Å²) in [5.41, 5.74) is 0. The number of hydrogen-bond donors (Lipinski definition) is 0. The summed E-state index contributed by atoms with van der Waals surface area (Å²) in [6.07, 6.45) is 0. The molecule has 0 aromatic heterocycles. The highest BCUT2D eigenvalue weighted by Gasteiger charge is 1.85. The number of hydrogen-bond acceptors (Lipinski definition) is 1. The van der Waals surface area contributed by atoms with Gasteiger partial charge in [0.25, 0.3) is 0 Å². The molecular formula is C6H10SSi2. The third-order valence-corrected chi connectivity index (χ3v) is 6.41. The maximum absolute atomic E-state index is 2.19. The van der Waals surface area contributed by atoms with E-state index in [1.54, 1.807) is 0 Å². The standard InChI is InChI=1S/C6H10SSi2/c8-9-7-6-4-2-1-3-5-6/h1-5H,9H2,8H3. The van der Waals surface area contributed by atoms with E-state index in [0.29, 0.717) is 0 Å². The highest BCUT2D eigenvalue weighted by atomic mass is 32.4. The van der Waals surface area contributed by atoms with Gasteiger partial charge in [-0.05, 0) is 12.1 Å². The molecule has 0 N–H and O–H groups in total. The van der Waals surface area contributed by atoms with Gasteiger partial charge in [0.05, 0.1) is 8.19 Å². The van der Waals surface area contributed by atoms with E-state index in [0.717, 1.165) is 0 Å². The van der Waals surface area contributed by atoms with Crippen LogP contribution in [0.1, 0.15) is 0 Å². The van der Waals surface area contributed by atoms with Gasteiger partial charge in [0, 0.05) is 14.7 Å². The summed E-state index contributed by atoms with van der Waals surface area (Å²) in [6, 6.07) is 10.7. The second-order valence-electron chi connectivity index (χ2n) is 1.75. The minimum atomic E-state index is 0.271. The molecule has 0 atom stereocenters. The summed E-state index contributed by atoms with van der Waals surface area (Å²) < 4.78 is 0. The van der Waals surface area contributed by atoms with Crippen LogP contribution in [-0.4, -0.2) is 17.9 Å². The SMILES string of the molecule is [SiH3][SiH2]Sc1ccccc1. The van der Waals surface area contributed by atoms with Gasteiger partial charge in [-0.3, -0.25) is 0 Å². The topological polar surface area (TPSA) is 0 Å². The summed E-state index contributed by atoms with van der Waals surface area (Å²) in [4.78, 5) is 1.46. The molecule has 0 radical (unpaired) electrons. The van der Waals surface area contributed by atoms with Crippen LogP contribution in [0, 0.1) is 0 Å². The van der Waals surface area contributed by atoms with Crippen LogP contribution in [0.2, 0.25) is 0 Å². The van der Waals surface area contributed by atoms with E-state index in [2.05, 4.69) is 41.5 Å². The van der Waals surface area contributed by atoms with Gasteiger partial charge in [-0.25, -0.2) is 0 Å². The summed E-state index contributed by atoms with van der Waals surface area (Å²) in [7, 11) is 1.70. The summed E-state index contributed by atoms with van der Waals surface area (Å²) >= 11 is 2.08. The Labute approximate surface area is 64.7 Å². The number of rotatable bonds is 2. The van der Waals surface area contributed by atoms with E-state index < -0.39 is 0 Å². The Morgan fingerprint density at radius 1 is 1.22 bits per heavy atom.